The lowest BCUT2D eigenvalue weighted by Crippen LogP contribution is -2.26. The van der Waals surface area contributed by atoms with E-state index in [1.54, 1.807) is 22.8 Å². The summed E-state index contributed by atoms with van der Waals surface area (Å²) >= 11 is 19.7. The molecule has 1 amide bonds. The first-order chi connectivity index (χ1) is 13.9. The van der Waals surface area contributed by atoms with Crippen molar-refractivity contribution in [1.29, 1.82) is 0 Å². The maximum Gasteiger partial charge on any atom is 0.256 e. The molecule has 0 unspecified atom stereocenters. The van der Waals surface area contributed by atoms with Gasteiger partial charge < -0.3 is 5.32 Å². The van der Waals surface area contributed by atoms with Crippen LogP contribution in [0.15, 0.2) is 41.6 Å². The largest absolute Gasteiger partial charge is 0.345 e. The Morgan fingerprint density at radius 1 is 1.14 bits per heavy atom. The van der Waals surface area contributed by atoms with Gasteiger partial charge in [-0.2, -0.15) is 0 Å². The summed E-state index contributed by atoms with van der Waals surface area (Å²) in [6.45, 7) is 2.08. The SMILES string of the molecule is CCCSc1nnc(CNC(=O)c2c(F)cccc2Cl)n1-c1ccc(Cl)c(Cl)c1. The summed E-state index contributed by atoms with van der Waals surface area (Å²) in [5.74, 6) is -0.0288. The number of benzene rings is 2. The van der Waals surface area contributed by atoms with Gasteiger partial charge in [-0.1, -0.05) is 59.6 Å². The third kappa shape index (κ3) is 5.04. The maximum atomic E-state index is 14.0. The lowest BCUT2D eigenvalue weighted by Gasteiger charge is -2.12. The van der Waals surface area contributed by atoms with Gasteiger partial charge >= 0.3 is 0 Å². The Morgan fingerprint density at radius 3 is 2.62 bits per heavy atom. The van der Waals surface area contributed by atoms with E-state index in [1.807, 2.05) is 0 Å². The first-order valence-corrected chi connectivity index (χ1v) is 10.8. The van der Waals surface area contributed by atoms with E-state index in [0.29, 0.717) is 26.7 Å². The molecule has 0 saturated heterocycles. The molecule has 0 spiro atoms. The van der Waals surface area contributed by atoms with Gasteiger partial charge in [-0.15, -0.1) is 10.2 Å². The monoisotopic (exact) mass is 472 g/mol. The number of hydrogen-bond acceptors (Lipinski definition) is 4. The van der Waals surface area contributed by atoms with Crippen molar-refractivity contribution in [3.05, 3.63) is 68.7 Å². The van der Waals surface area contributed by atoms with Crippen LogP contribution in [0.25, 0.3) is 5.69 Å². The fourth-order valence-corrected chi connectivity index (χ4v) is 3.91. The first kappa shape index (κ1) is 21.9. The zero-order valence-corrected chi connectivity index (χ0v) is 18.3. The van der Waals surface area contributed by atoms with E-state index in [2.05, 4.69) is 22.4 Å². The molecule has 2 aromatic carbocycles. The van der Waals surface area contributed by atoms with Crippen molar-refractivity contribution >= 4 is 52.5 Å². The molecule has 0 radical (unpaired) electrons. The second kappa shape index (κ2) is 9.80. The third-order valence-electron chi connectivity index (χ3n) is 3.89. The highest BCUT2D eigenvalue weighted by atomic mass is 35.5. The van der Waals surface area contributed by atoms with Crippen molar-refractivity contribution < 1.29 is 9.18 Å². The highest BCUT2D eigenvalue weighted by molar-refractivity contribution is 7.99. The van der Waals surface area contributed by atoms with Crippen molar-refractivity contribution in [2.24, 2.45) is 0 Å². The Labute approximate surface area is 186 Å². The van der Waals surface area contributed by atoms with Gasteiger partial charge in [-0.3, -0.25) is 9.36 Å². The van der Waals surface area contributed by atoms with E-state index in [1.165, 1.54) is 30.0 Å². The Morgan fingerprint density at radius 2 is 1.93 bits per heavy atom. The molecule has 1 N–H and O–H groups in total. The highest BCUT2D eigenvalue weighted by Crippen LogP contribution is 2.28. The van der Waals surface area contributed by atoms with Gasteiger partial charge in [0.1, 0.15) is 5.82 Å². The summed E-state index contributed by atoms with van der Waals surface area (Å²) in [5.41, 5.74) is 0.492. The van der Waals surface area contributed by atoms with Crippen LogP contribution < -0.4 is 5.32 Å². The van der Waals surface area contributed by atoms with Crippen LogP contribution in [0.1, 0.15) is 29.5 Å². The van der Waals surface area contributed by atoms with Gasteiger partial charge in [0.25, 0.3) is 5.91 Å². The van der Waals surface area contributed by atoms with E-state index in [4.69, 9.17) is 34.8 Å². The van der Waals surface area contributed by atoms with Gasteiger partial charge in [0.05, 0.1) is 32.9 Å². The van der Waals surface area contributed by atoms with Gasteiger partial charge in [-0.05, 0) is 36.8 Å². The molecule has 0 saturated carbocycles. The van der Waals surface area contributed by atoms with Crippen LogP contribution in [0.2, 0.25) is 15.1 Å². The summed E-state index contributed by atoms with van der Waals surface area (Å²) in [5, 5.41) is 12.5. The van der Waals surface area contributed by atoms with Gasteiger partial charge in [0, 0.05) is 5.75 Å². The number of hydrogen-bond donors (Lipinski definition) is 1. The Hall–Kier alpha value is -1.80. The van der Waals surface area contributed by atoms with Gasteiger partial charge in [-0.25, -0.2) is 4.39 Å². The molecule has 0 aliphatic rings. The predicted octanol–water partition coefficient (Wildman–Crippen LogP) is 5.80. The number of amides is 1. The van der Waals surface area contributed by atoms with Crippen LogP contribution in [0.5, 0.6) is 0 Å². The van der Waals surface area contributed by atoms with Crippen LogP contribution >= 0.6 is 46.6 Å². The molecule has 152 valence electrons. The van der Waals surface area contributed by atoms with Crippen LogP contribution in [0.4, 0.5) is 4.39 Å². The smallest absolute Gasteiger partial charge is 0.256 e. The molecule has 5 nitrogen and oxygen atoms in total. The van der Waals surface area contributed by atoms with E-state index in [9.17, 15) is 9.18 Å². The number of nitrogens with zero attached hydrogens (tertiary/aromatic N) is 3. The van der Waals surface area contributed by atoms with Crippen molar-refractivity contribution in [1.82, 2.24) is 20.1 Å². The minimum atomic E-state index is -0.694. The third-order valence-corrected chi connectivity index (χ3v) is 6.08. The first-order valence-electron chi connectivity index (χ1n) is 8.67. The average molecular weight is 474 g/mol. The Bertz CT molecular complexity index is 1020. The zero-order chi connectivity index (χ0) is 21.0. The van der Waals surface area contributed by atoms with Gasteiger partial charge in [0.15, 0.2) is 11.0 Å². The fraction of sp³-hybridized carbons (Fsp3) is 0.211. The normalized spacial score (nSPS) is 10.9. The Balaban J connectivity index is 1.90. The van der Waals surface area contributed by atoms with Crippen molar-refractivity contribution in [3.63, 3.8) is 0 Å². The molecule has 10 heteroatoms. The summed E-state index contributed by atoms with van der Waals surface area (Å²) in [6, 6.07) is 9.23. The number of rotatable bonds is 7. The summed E-state index contributed by atoms with van der Waals surface area (Å²) in [4.78, 5) is 12.4. The highest BCUT2D eigenvalue weighted by Gasteiger charge is 2.19. The number of halogens is 4. The minimum absolute atomic E-state index is 0.0173. The molecular weight excluding hydrogens is 458 g/mol. The van der Waals surface area contributed by atoms with E-state index in [-0.39, 0.29) is 17.1 Å². The van der Waals surface area contributed by atoms with Crippen molar-refractivity contribution in [2.75, 3.05) is 5.75 Å². The Kier molecular flexibility index (Phi) is 7.40. The molecule has 0 atom stereocenters. The number of carbonyl (C=O) groups excluding carboxylic acids is 1. The lowest BCUT2D eigenvalue weighted by molar-refractivity contribution is 0.0946. The molecule has 0 fully saturated rings. The summed E-state index contributed by atoms with van der Waals surface area (Å²) < 4.78 is 15.8. The predicted molar refractivity (Wildman–Crippen MR) is 115 cm³/mol. The molecule has 0 aliphatic carbocycles. The standard InChI is InChI=1S/C19H16Cl3FN4OS/c1-2-8-29-19-26-25-16(27(19)11-6-7-12(20)14(22)9-11)10-24-18(28)17-13(21)4-3-5-15(17)23/h3-7,9H,2,8,10H2,1H3,(H,24,28). The molecule has 1 heterocycles. The molecule has 29 heavy (non-hydrogen) atoms. The molecular formula is C19H16Cl3FN4OS. The van der Waals surface area contributed by atoms with Crippen LogP contribution in [-0.4, -0.2) is 26.4 Å². The summed E-state index contributed by atoms with van der Waals surface area (Å²) in [6.07, 6.45) is 0.955. The molecule has 0 bridgehead atoms. The lowest BCUT2D eigenvalue weighted by atomic mass is 10.2. The molecule has 3 rings (SSSR count). The molecule has 0 aliphatic heterocycles. The van der Waals surface area contributed by atoms with Crippen molar-refractivity contribution in [2.45, 2.75) is 25.0 Å². The van der Waals surface area contributed by atoms with Crippen LogP contribution in [-0.2, 0) is 6.54 Å². The van der Waals surface area contributed by atoms with E-state index < -0.39 is 11.7 Å². The summed E-state index contributed by atoms with van der Waals surface area (Å²) in [7, 11) is 0. The van der Waals surface area contributed by atoms with E-state index >= 15 is 0 Å². The van der Waals surface area contributed by atoms with Gasteiger partial charge in [0.2, 0.25) is 0 Å². The quantitative estimate of drug-likeness (QED) is 0.441. The molecule has 3 aromatic rings. The topological polar surface area (TPSA) is 59.8 Å². The number of carbonyl (C=O) groups is 1. The maximum absolute atomic E-state index is 14.0. The molecule has 1 aromatic heterocycles. The van der Waals surface area contributed by atoms with Crippen LogP contribution in [0.3, 0.4) is 0 Å². The second-order valence-electron chi connectivity index (χ2n) is 5.96. The second-order valence-corrected chi connectivity index (χ2v) is 8.24. The van der Waals surface area contributed by atoms with Crippen molar-refractivity contribution in [3.8, 4) is 5.69 Å². The zero-order valence-electron chi connectivity index (χ0n) is 15.3. The van der Waals surface area contributed by atoms with E-state index in [0.717, 1.165) is 12.2 Å². The van der Waals surface area contributed by atoms with Crippen LogP contribution in [0, 0.1) is 5.82 Å². The average Bonchev–Trinajstić information content (AvgIpc) is 3.09. The minimum Gasteiger partial charge on any atom is -0.345 e. The fourth-order valence-electron chi connectivity index (χ4n) is 2.55. The number of aromatic nitrogens is 3. The number of thioether (sulfide) groups is 1. The number of nitrogens with one attached hydrogen (secondary N) is 1.